The molecule has 0 radical (unpaired) electrons. The molecule has 2 rings (SSSR count). The van der Waals surface area contributed by atoms with Gasteiger partial charge in [-0.3, -0.25) is 4.98 Å². The van der Waals surface area contributed by atoms with E-state index in [1.54, 1.807) is 0 Å². The lowest BCUT2D eigenvalue weighted by atomic mass is 9.89. The Kier molecular flexibility index (Phi) is 4.46. The number of pyridine rings is 1. The van der Waals surface area contributed by atoms with Gasteiger partial charge in [-0.15, -0.1) is 0 Å². The zero-order valence-electron chi connectivity index (χ0n) is 12.8. The van der Waals surface area contributed by atoms with E-state index in [2.05, 4.69) is 31.1 Å². The average molecular weight is 286 g/mol. The number of aromatic carboxylic acids is 1. The Bertz CT molecular complexity index is 640. The lowest BCUT2D eigenvalue weighted by molar-refractivity contribution is 0.0697. The van der Waals surface area contributed by atoms with Gasteiger partial charge in [0.05, 0.1) is 11.2 Å². The van der Waals surface area contributed by atoms with E-state index >= 15 is 0 Å². The van der Waals surface area contributed by atoms with Gasteiger partial charge in [0.2, 0.25) is 0 Å². The first-order valence-electron chi connectivity index (χ1n) is 7.46. The molecule has 1 aromatic heterocycles. The molecule has 21 heavy (non-hydrogen) atoms. The number of nitrogens with zero attached hydrogens (tertiary/aromatic N) is 1. The molecule has 112 valence electrons. The highest BCUT2D eigenvalue weighted by atomic mass is 16.4. The molecule has 0 bridgehead atoms. The SMILES string of the molecule is CCC(CC)(CC)Nc1c(C(=O)O)cnc2ccccc12. The number of benzene rings is 1. The minimum Gasteiger partial charge on any atom is -0.478 e. The van der Waals surface area contributed by atoms with E-state index in [1.807, 2.05) is 24.3 Å². The van der Waals surface area contributed by atoms with Crippen molar-refractivity contribution < 1.29 is 9.90 Å². The van der Waals surface area contributed by atoms with Crippen LogP contribution in [0.3, 0.4) is 0 Å². The van der Waals surface area contributed by atoms with Crippen molar-refractivity contribution in [3.05, 3.63) is 36.0 Å². The Balaban J connectivity index is 2.64. The molecular formula is C17H22N2O2. The Morgan fingerprint density at radius 2 is 1.81 bits per heavy atom. The number of carboxylic acids is 1. The van der Waals surface area contributed by atoms with E-state index in [1.165, 1.54) is 6.20 Å². The fourth-order valence-electron chi connectivity index (χ4n) is 2.72. The summed E-state index contributed by atoms with van der Waals surface area (Å²) in [6, 6.07) is 7.64. The standard InChI is InChI=1S/C17H22N2O2/c1-4-17(5-2,6-3)19-15-12-9-7-8-10-14(12)18-11-13(15)16(20)21/h7-11H,4-6H2,1-3H3,(H,18,19)(H,20,21). The fourth-order valence-corrected chi connectivity index (χ4v) is 2.72. The van der Waals surface area contributed by atoms with Gasteiger partial charge in [0.1, 0.15) is 5.56 Å². The molecule has 2 aromatic rings. The second kappa shape index (κ2) is 6.12. The molecule has 0 aliphatic heterocycles. The van der Waals surface area contributed by atoms with Crippen LogP contribution in [0.2, 0.25) is 0 Å². The zero-order valence-corrected chi connectivity index (χ0v) is 12.8. The molecule has 4 nitrogen and oxygen atoms in total. The molecule has 4 heteroatoms. The third kappa shape index (κ3) is 2.84. The van der Waals surface area contributed by atoms with Crippen LogP contribution in [0.5, 0.6) is 0 Å². The first-order valence-corrected chi connectivity index (χ1v) is 7.46. The Morgan fingerprint density at radius 3 is 2.38 bits per heavy atom. The summed E-state index contributed by atoms with van der Waals surface area (Å²) in [6.45, 7) is 6.39. The highest BCUT2D eigenvalue weighted by Gasteiger charge is 2.26. The smallest absolute Gasteiger partial charge is 0.339 e. The number of hydrogen-bond acceptors (Lipinski definition) is 3. The van der Waals surface area contributed by atoms with Gasteiger partial charge in [-0.2, -0.15) is 0 Å². The van der Waals surface area contributed by atoms with Crippen LogP contribution in [0, 0.1) is 0 Å². The monoisotopic (exact) mass is 286 g/mol. The fraction of sp³-hybridized carbons (Fsp3) is 0.412. The molecule has 0 aliphatic carbocycles. The van der Waals surface area contributed by atoms with Crippen LogP contribution in [0.15, 0.2) is 30.5 Å². The van der Waals surface area contributed by atoms with Crippen molar-refractivity contribution in [2.75, 3.05) is 5.32 Å². The highest BCUT2D eigenvalue weighted by Crippen LogP contribution is 2.32. The summed E-state index contributed by atoms with van der Waals surface area (Å²) in [7, 11) is 0. The number of aromatic nitrogens is 1. The molecule has 1 heterocycles. The normalized spacial score (nSPS) is 11.6. The van der Waals surface area contributed by atoms with Crippen molar-refractivity contribution in [1.29, 1.82) is 0 Å². The minimum atomic E-state index is -0.951. The number of carboxylic acid groups (broad SMARTS) is 1. The second-order valence-electron chi connectivity index (χ2n) is 5.34. The predicted molar refractivity (Wildman–Crippen MR) is 85.9 cm³/mol. The largest absolute Gasteiger partial charge is 0.478 e. The molecule has 0 saturated carbocycles. The number of para-hydroxylation sites is 1. The Morgan fingerprint density at radius 1 is 1.19 bits per heavy atom. The van der Waals surface area contributed by atoms with Gasteiger partial charge in [-0.1, -0.05) is 39.0 Å². The van der Waals surface area contributed by atoms with Crippen LogP contribution in [0.25, 0.3) is 10.9 Å². The minimum absolute atomic E-state index is 0.0890. The van der Waals surface area contributed by atoms with Crippen LogP contribution in [-0.2, 0) is 0 Å². The van der Waals surface area contributed by atoms with E-state index in [0.29, 0.717) is 5.69 Å². The van der Waals surface area contributed by atoms with E-state index < -0.39 is 5.97 Å². The summed E-state index contributed by atoms with van der Waals surface area (Å²) in [4.78, 5) is 15.8. The summed E-state index contributed by atoms with van der Waals surface area (Å²) >= 11 is 0. The second-order valence-corrected chi connectivity index (χ2v) is 5.34. The van der Waals surface area contributed by atoms with Crippen molar-refractivity contribution in [3.8, 4) is 0 Å². The van der Waals surface area contributed by atoms with Crippen LogP contribution in [0.4, 0.5) is 5.69 Å². The third-order valence-corrected chi connectivity index (χ3v) is 4.43. The van der Waals surface area contributed by atoms with Gasteiger partial charge in [0, 0.05) is 17.1 Å². The summed E-state index contributed by atoms with van der Waals surface area (Å²) in [6.07, 6.45) is 4.26. The van der Waals surface area contributed by atoms with Crippen molar-refractivity contribution in [2.24, 2.45) is 0 Å². The number of nitrogens with one attached hydrogen (secondary N) is 1. The Labute approximate surface area is 125 Å². The molecule has 0 amide bonds. The van der Waals surface area contributed by atoms with Gasteiger partial charge in [-0.05, 0) is 25.3 Å². The number of anilines is 1. The molecular weight excluding hydrogens is 264 g/mol. The molecule has 0 atom stereocenters. The third-order valence-electron chi connectivity index (χ3n) is 4.43. The van der Waals surface area contributed by atoms with Crippen molar-refractivity contribution >= 4 is 22.6 Å². The van der Waals surface area contributed by atoms with Crippen molar-refractivity contribution in [3.63, 3.8) is 0 Å². The lowest BCUT2D eigenvalue weighted by Gasteiger charge is -2.34. The maximum absolute atomic E-state index is 11.5. The molecule has 0 spiro atoms. The zero-order chi connectivity index (χ0) is 15.5. The van der Waals surface area contributed by atoms with E-state index in [9.17, 15) is 9.90 Å². The lowest BCUT2D eigenvalue weighted by Crippen LogP contribution is -2.36. The summed E-state index contributed by atoms with van der Waals surface area (Å²) in [5.74, 6) is -0.951. The summed E-state index contributed by atoms with van der Waals surface area (Å²) in [5, 5.41) is 13.8. The van der Waals surface area contributed by atoms with Crippen molar-refractivity contribution in [1.82, 2.24) is 4.98 Å². The number of fused-ring (bicyclic) bond motifs is 1. The van der Waals surface area contributed by atoms with E-state index in [0.717, 1.165) is 30.2 Å². The van der Waals surface area contributed by atoms with Crippen LogP contribution in [0.1, 0.15) is 50.4 Å². The van der Waals surface area contributed by atoms with Gasteiger partial charge >= 0.3 is 5.97 Å². The van der Waals surface area contributed by atoms with Gasteiger partial charge in [0.15, 0.2) is 0 Å². The highest BCUT2D eigenvalue weighted by molar-refractivity contribution is 6.04. The summed E-state index contributed by atoms with van der Waals surface area (Å²) in [5.41, 5.74) is 1.63. The Hall–Kier alpha value is -2.10. The van der Waals surface area contributed by atoms with Crippen LogP contribution >= 0.6 is 0 Å². The predicted octanol–water partition coefficient (Wildman–Crippen LogP) is 4.31. The van der Waals surface area contributed by atoms with Gasteiger partial charge in [-0.25, -0.2) is 4.79 Å². The first-order chi connectivity index (χ1) is 10.1. The number of carbonyl (C=O) groups is 1. The van der Waals surface area contributed by atoms with E-state index in [4.69, 9.17) is 0 Å². The van der Waals surface area contributed by atoms with Gasteiger partial charge in [0.25, 0.3) is 0 Å². The molecule has 0 fully saturated rings. The molecule has 0 aliphatic rings. The van der Waals surface area contributed by atoms with Crippen LogP contribution in [-0.4, -0.2) is 21.6 Å². The molecule has 1 aromatic carbocycles. The molecule has 0 saturated heterocycles. The molecule has 2 N–H and O–H groups in total. The number of rotatable bonds is 6. The average Bonchev–Trinajstić information content (AvgIpc) is 2.52. The quantitative estimate of drug-likeness (QED) is 0.830. The molecule has 0 unspecified atom stereocenters. The van der Waals surface area contributed by atoms with Gasteiger partial charge < -0.3 is 10.4 Å². The van der Waals surface area contributed by atoms with E-state index in [-0.39, 0.29) is 11.1 Å². The van der Waals surface area contributed by atoms with Crippen LogP contribution < -0.4 is 5.32 Å². The van der Waals surface area contributed by atoms with Crippen molar-refractivity contribution in [2.45, 2.75) is 45.6 Å². The first kappa shape index (κ1) is 15.3. The number of hydrogen-bond donors (Lipinski definition) is 2. The maximum Gasteiger partial charge on any atom is 0.339 e. The summed E-state index contributed by atoms with van der Waals surface area (Å²) < 4.78 is 0. The topological polar surface area (TPSA) is 62.2 Å². The maximum atomic E-state index is 11.5.